The third kappa shape index (κ3) is 4.31. The lowest BCUT2D eigenvalue weighted by Gasteiger charge is -2.41. The van der Waals surface area contributed by atoms with Gasteiger partial charge in [0.25, 0.3) is 10.0 Å². The summed E-state index contributed by atoms with van der Waals surface area (Å²) in [5, 5.41) is 12.7. The van der Waals surface area contributed by atoms with Crippen molar-refractivity contribution in [2.24, 2.45) is 5.41 Å². The zero-order valence-electron chi connectivity index (χ0n) is 17.6. The van der Waals surface area contributed by atoms with Crippen LogP contribution in [0.3, 0.4) is 0 Å². The summed E-state index contributed by atoms with van der Waals surface area (Å²) in [5.74, 6) is -1.58. The molecule has 3 aromatic rings. The van der Waals surface area contributed by atoms with E-state index in [9.17, 15) is 22.7 Å². The van der Waals surface area contributed by atoms with Gasteiger partial charge in [0.2, 0.25) is 0 Å². The lowest BCUT2D eigenvalue weighted by atomic mass is 9.73. The summed E-state index contributed by atoms with van der Waals surface area (Å²) >= 11 is 0. The SMILES string of the molecule is CC1(C)Cc2cc(C(=O)O)ccc2NC1c1ccc(NS(=O)(=O)c2cccc(F)c2)cc1. The molecule has 0 aliphatic carbocycles. The number of hydrogen-bond donors (Lipinski definition) is 3. The van der Waals surface area contributed by atoms with Gasteiger partial charge in [-0.1, -0.05) is 32.0 Å². The Morgan fingerprint density at radius 1 is 1.09 bits per heavy atom. The molecule has 1 heterocycles. The molecule has 1 unspecified atom stereocenters. The predicted octanol–water partition coefficient (Wildman–Crippen LogP) is 5.06. The number of benzene rings is 3. The summed E-state index contributed by atoms with van der Waals surface area (Å²) < 4.78 is 40.9. The second kappa shape index (κ2) is 7.94. The molecule has 8 heteroatoms. The Morgan fingerprint density at radius 2 is 1.81 bits per heavy atom. The number of carboxylic acid groups (broad SMARTS) is 1. The number of hydrogen-bond acceptors (Lipinski definition) is 4. The smallest absolute Gasteiger partial charge is 0.335 e. The minimum Gasteiger partial charge on any atom is -0.478 e. The maximum absolute atomic E-state index is 13.4. The summed E-state index contributed by atoms with van der Waals surface area (Å²) in [5.41, 5.74) is 3.22. The normalized spacial score (nSPS) is 17.2. The van der Waals surface area contributed by atoms with Gasteiger partial charge in [-0.05, 0) is 71.5 Å². The summed E-state index contributed by atoms with van der Waals surface area (Å²) in [6, 6.07) is 16.9. The van der Waals surface area contributed by atoms with Gasteiger partial charge < -0.3 is 10.4 Å². The van der Waals surface area contributed by atoms with E-state index < -0.39 is 21.8 Å². The third-order valence-electron chi connectivity index (χ3n) is 5.68. The van der Waals surface area contributed by atoms with Crippen LogP contribution in [-0.2, 0) is 16.4 Å². The Morgan fingerprint density at radius 3 is 2.47 bits per heavy atom. The lowest BCUT2D eigenvalue weighted by Crippen LogP contribution is -2.35. The molecule has 166 valence electrons. The first-order valence-corrected chi connectivity index (χ1v) is 11.5. The van der Waals surface area contributed by atoms with Gasteiger partial charge in [0.15, 0.2) is 0 Å². The summed E-state index contributed by atoms with van der Waals surface area (Å²) in [7, 11) is -3.90. The van der Waals surface area contributed by atoms with Crippen LogP contribution < -0.4 is 10.0 Å². The van der Waals surface area contributed by atoms with E-state index in [1.54, 1.807) is 30.3 Å². The van der Waals surface area contributed by atoms with Crippen molar-refractivity contribution < 1.29 is 22.7 Å². The largest absolute Gasteiger partial charge is 0.478 e. The minimum absolute atomic E-state index is 0.0560. The molecule has 0 bridgehead atoms. The number of fused-ring (bicyclic) bond motifs is 1. The average Bonchev–Trinajstić information content (AvgIpc) is 2.72. The van der Waals surface area contributed by atoms with Crippen molar-refractivity contribution in [1.29, 1.82) is 0 Å². The monoisotopic (exact) mass is 454 g/mol. The quantitative estimate of drug-likeness (QED) is 0.501. The molecule has 0 radical (unpaired) electrons. The fourth-order valence-corrected chi connectivity index (χ4v) is 5.17. The number of rotatable bonds is 5. The van der Waals surface area contributed by atoms with E-state index in [2.05, 4.69) is 23.9 Å². The first-order chi connectivity index (χ1) is 15.0. The molecule has 3 N–H and O–H groups in total. The van der Waals surface area contributed by atoms with Crippen molar-refractivity contribution in [2.45, 2.75) is 31.2 Å². The number of aromatic carboxylic acids is 1. The summed E-state index contributed by atoms with van der Waals surface area (Å²) in [6.45, 7) is 4.20. The van der Waals surface area contributed by atoms with Crippen molar-refractivity contribution in [2.75, 3.05) is 10.0 Å². The molecule has 0 saturated heterocycles. The number of carboxylic acids is 1. The molecule has 1 atom stereocenters. The van der Waals surface area contributed by atoms with Gasteiger partial charge >= 0.3 is 5.97 Å². The zero-order valence-corrected chi connectivity index (χ0v) is 18.4. The van der Waals surface area contributed by atoms with Crippen LogP contribution in [0.5, 0.6) is 0 Å². The number of anilines is 2. The molecule has 3 aromatic carbocycles. The maximum atomic E-state index is 13.4. The van der Waals surface area contributed by atoms with E-state index in [1.807, 2.05) is 12.1 Å². The molecule has 0 fully saturated rings. The highest BCUT2D eigenvalue weighted by molar-refractivity contribution is 7.92. The van der Waals surface area contributed by atoms with Crippen LogP contribution >= 0.6 is 0 Å². The topological polar surface area (TPSA) is 95.5 Å². The minimum atomic E-state index is -3.90. The molecule has 1 aliphatic heterocycles. The van der Waals surface area contributed by atoms with Crippen LogP contribution in [0.4, 0.5) is 15.8 Å². The molecule has 1 aliphatic rings. The Kier molecular flexibility index (Phi) is 5.42. The number of sulfonamides is 1. The second-order valence-corrected chi connectivity index (χ2v) is 10.3. The van der Waals surface area contributed by atoms with E-state index in [4.69, 9.17) is 0 Å². The first kappa shape index (κ1) is 21.8. The molecular formula is C24H23FN2O4S. The van der Waals surface area contributed by atoms with Gasteiger partial charge in [-0.3, -0.25) is 4.72 Å². The molecule has 4 rings (SSSR count). The van der Waals surface area contributed by atoms with Crippen LogP contribution in [0.25, 0.3) is 0 Å². The molecule has 0 saturated carbocycles. The Bertz CT molecular complexity index is 1290. The average molecular weight is 455 g/mol. The Labute approximate surface area is 186 Å². The molecule has 0 aromatic heterocycles. The predicted molar refractivity (Wildman–Crippen MR) is 121 cm³/mol. The molecular weight excluding hydrogens is 431 g/mol. The van der Waals surface area contributed by atoms with E-state index in [-0.39, 0.29) is 21.9 Å². The van der Waals surface area contributed by atoms with Crippen molar-refractivity contribution >= 4 is 27.4 Å². The second-order valence-electron chi connectivity index (χ2n) is 8.60. The van der Waals surface area contributed by atoms with Gasteiger partial charge in [0, 0.05) is 11.4 Å². The molecule has 0 spiro atoms. The van der Waals surface area contributed by atoms with Crippen molar-refractivity contribution in [3.63, 3.8) is 0 Å². The van der Waals surface area contributed by atoms with Crippen LogP contribution in [0.2, 0.25) is 0 Å². The molecule has 32 heavy (non-hydrogen) atoms. The number of carbonyl (C=O) groups is 1. The standard InChI is InChI=1S/C24H23FN2O4S/c1-24(2)14-17-12-16(23(28)29)8-11-21(17)26-22(24)15-6-9-19(10-7-15)27-32(30,31)20-5-3-4-18(25)13-20/h3-13,22,26-27H,14H2,1-2H3,(H,28,29). The fourth-order valence-electron chi connectivity index (χ4n) is 4.08. The van der Waals surface area contributed by atoms with Crippen molar-refractivity contribution in [1.82, 2.24) is 0 Å². The van der Waals surface area contributed by atoms with Gasteiger partial charge in [-0.25, -0.2) is 17.6 Å². The molecule has 6 nitrogen and oxygen atoms in total. The van der Waals surface area contributed by atoms with Crippen LogP contribution in [0, 0.1) is 11.2 Å². The van der Waals surface area contributed by atoms with Gasteiger partial charge in [0.05, 0.1) is 16.5 Å². The highest BCUT2D eigenvalue weighted by atomic mass is 32.2. The third-order valence-corrected chi connectivity index (χ3v) is 7.06. The summed E-state index contributed by atoms with van der Waals surface area (Å²) in [6.07, 6.45) is 0.690. The highest BCUT2D eigenvalue weighted by Gasteiger charge is 2.36. The first-order valence-electron chi connectivity index (χ1n) is 10.1. The van der Waals surface area contributed by atoms with Crippen LogP contribution in [0.15, 0.2) is 71.6 Å². The fraction of sp³-hybridized carbons (Fsp3) is 0.208. The van der Waals surface area contributed by atoms with Crippen molar-refractivity contribution in [3.05, 3.63) is 89.2 Å². The van der Waals surface area contributed by atoms with Crippen molar-refractivity contribution in [3.8, 4) is 0 Å². The molecule has 0 amide bonds. The Balaban J connectivity index is 1.56. The van der Waals surface area contributed by atoms with Gasteiger partial charge in [-0.15, -0.1) is 0 Å². The van der Waals surface area contributed by atoms with Crippen LogP contribution in [-0.4, -0.2) is 19.5 Å². The number of halogens is 1. The van der Waals surface area contributed by atoms with Crippen LogP contribution in [0.1, 0.15) is 41.4 Å². The zero-order chi connectivity index (χ0) is 23.1. The van der Waals surface area contributed by atoms with Gasteiger partial charge in [0.1, 0.15) is 5.82 Å². The van der Waals surface area contributed by atoms with E-state index in [1.165, 1.54) is 18.2 Å². The lowest BCUT2D eigenvalue weighted by molar-refractivity contribution is 0.0696. The van der Waals surface area contributed by atoms with E-state index in [0.29, 0.717) is 12.1 Å². The van der Waals surface area contributed by atoms with E-state index >= 15 is 0 Å². The number of nitrogens with one attached hydrogen (secondary N) is 2. The summed E-state index contributed by atoms with van der Waals surface area (Å²) in [4.78, 5) is 11.1. The Hall–Kier alpha value is -3.39. The maximum Gasteiger partial charge on any atom is 0.335 e. The van der Waals surface area contributed by atoms with E-state index in [0.717, 1.165) is 22.9 Å². The highest BCUT2D eigenvalue weighted by Crippen LogP contribution is 2.45. The van der Waals surface area contributed by atoms with Gasteiger partial charge in [-0.2, -0.15) is 0 Å².